The fourth-order valence-electron chi connectivity index (χ4n) is 1.70. The molecule has 0 aliphatic carbocycles. The zero-order valence-corrected chi connectivity index (χ0v) is 9.95. The first-order valence-corrected chi connectivity index (χ1v) is 5.42. The van der Waals surface area contributed by atoms with Gasteiger partial charge in [0, 0.05) is 0 Å². The lowest BCUT2D eigenvalue weighted by molar-refractivity contribution is 0.415. The number of aryl methyl sites for hydroxylation is 2. The van der Waals surface area contributed by atoms with Gasteiger partial charge in [0.05, 0.1) is 7.11 Å². The summed E-state index contributed by atoms with van der Waals surface area (Å²) in [7, 11) is 1.69. The fourth-order valence-corrected chi connectivity index (χ4v) is 1.70. The third-order valence-corrected chi connectivity index (χ3v) is 2.93. The van der Waals surface area contributed by atoms with Gasteiger partial charge in [0.25, 0.3) is 0 Å². The summed E-state index contributed by atoms with van der Waals surface area (Å²) in [6.45, 7) is 4.27. The Kier molecular flexibility index (Phi) is 2.95. The van der Waals surface area contributed by atoms with Crippen LogP contribution in [0.2, 0.25) is 0 Å². The summed E-state index contributed by atoms with van der Waals surface area (Å²) in [6.07, 6.45) is 0. The van der Waals surface area contributed by atoms with Crippen LogP contribution in [0.25, 0.3) is 11.1 Å². The van der Waals surface area contributed by atoms with Crippen LogP contribution in [0, 0.1) is 13.8 Å². The number of hydrogen-bond acceptors (Lipinski definition) is 1. The van der Waals surface area contributed by atoms with Crippen molar-refractivity contribution in [3.63, 3.8) is 0 Å². The highest BCUT2D eigenvalue weighted by atomic mass is 16.5. The maximum atomic E-state index is 5.15. The Balaban J connectivity index is 2.38. The van der Waals surface area contributed by atoms with E-state index in [0.717, 1.165) is 5.75 Å². The van der Waals surface area contributed by atoms with E-state index >= 15 is 0 Å². The fraction of sp³-hybridized carbons (Fsp3) is 0.200. The average molecular weight is 212 g/mol. The molecule has 0 bridgehead atoms. The van der Waals surface area contributed by atoms with Crippen LogP contribution in [0.4, 0.5) is 0 Å². The van der Waals surface area contributed by atoms with Crippen molar-refractivity contribution in [2.45, 2.75) is 13.8 Å². The Morgan fingerprint density at radius 3 is 1.94 bits per heavy atom. The molecule has 0 heterocycles. The minimum Gasteiger partial charge on any atom is -0.497 e. The Labute approximate surface area is 96.7 Å². The number of rotatable bonds is 2. The molecule has 0 unspecified atom stereocenters. The van der Waals surface area contributed by atoms with Crippen molar-refractivity contribution in [1.29, 1.82) is 0 Å². The third-order valence-electron chi connectivity index (χ3n) is 2.93. The van der Waals surface area contributed by atoms with Gasteiger partial charge < -0.3 is 4.74 Å². The van der Waals surface area contributed by atoms with Crippen LogP contribution in [0.5, 0.6) is 5.75 Å². The molecule has 0 amide bonds. The lowest BCUT2D eigenvalue weighted by Crippen LogP contribution is -1.85. The normalized spacial score (nSPS) is 10.2. The molecule has 2 aromatic carbocycles. The summed E-state index contributed by atoms with van der Waals surface area (Å²) in [6, 6.07) is 14.7. The summed E-state index contributed by atoms with van der Waals surface area (Å²) >= 11 is 0. The molecule has 0 saturated heterocycles. The Morgan fingerprint density at radius 2 is 1.38 bits per heavy atom. The van der Waals surface area contributed by atoms with Gasteiger partial charge in [-0.25, -0.2) is 0 Å². The zero-order valence-electron chi connectivity index (χ0n) is 9.95. The van der Waals surface area contributed by atoms with Crippen LogP contribution < -0.4 is 4.74 Å². The zero-order chi connectivity index (χ0) is 11.5. The first-order chi connectivity index (χ1) is 7.70. The van der Waals surface area contributed by atoms with Crippen molar-refractivity contribution < 1.29 is 4.74 Å². The Morgan fingerprint density at radius 1 is 0.750 bits per heavy atom. The van der Waals surface area contributed by atoms with Gasteiger partial charge in [0.2, 0.25) is 0 Å². The molecule has 0 fully saturated rings. The van der Waals surface area contributed by atoms with E-state index in [1.54, 1.807) is 7.11 Å². The number of methoxy groups -OCH3 is 1. The molecule has 16 heavy (non-hydrogen) atoms. The summed E-state index contributed by atoms with van der Waals surface area (Å²) in [5.41, 5.74) is 5.14. The second-order valence-corrected chi connectivity index (χ2v) is 4.03. The van der Waals surface area contributed by atoms with Gasteiger partial charge in [-0.2, -0.15) is 0 Å². The van der Waals surface area contributed by atoms with Crippen molar-refractivity contribution in [1.82, 2.24) is 0 Å². The molecule has 2 rings (SSSR count). The Bertz CT molecular complexity index is 483. The lowest BCUT2D eigenvalue weighted by Gasteiger charge is -2.06. The monoisotopic (exact) mass is 212 g/mol. The predicted octanol–water partition coefficient (Wildman–Crippen LogP) is 3.98. The third kappa shape index (κ3) is 2.08. The van der Waals surface area contributed by atoms with Crippen molar-refractivity contribution >= 4 is 0 Å². The van der Waals surface area contributed by atoms with Gasteiger partial charge >= 0.3 is 0 Å². The molecule has 0 radical (unpaired) electrons. The molecule has 82 valence electrons. The van der Waals surface area contributed by atoms with E-state index < -0.39 is 0 Å². The maximum Gasteiger partial charge on any atom is 0.118 e. The lowest BCUT2D eigenvalue weighted by atomic mass is 10.0. The van der Waals surface area contributed by atoms with Gasteiger partial charge in [0.1, 0.15) is 5.75 Å². The van der Waals surface area contributed by atoms with Gasteiger partial charge in [-0.1, -0.05) is 30.3 Å². The average Bonchev–Trinajstić information content (AvgIpc) is 2.33. The van der Waals surface area contributed by atoms with E-state index in [4.69, 9.17) is 4.74 Å². The molecule has 0 saturated carbocycles. The van der Waals surface area contributed by atoms with Gasteiger partial charge in [0.15, 0.2) is 0 Å². The van der Waals surface area contributed by atoms with E-state index in [1.165, 1.54) is 22.3 Å². The van der Waals surface area contributed by atoms with Crippen LogP contribution in [0.3, 0.4) is 0 Å². The van der Waals surface area contributed by atoms with E-state index in [0.29, 0.717) is 0 Å². The van der Waals surface area contributed by atoms with Crippen LogP contribution >= 0.6 is 0 Å². The van der Waals surface area contributed by atoms with Crippen LogP contribution in [-0.2, 0) is 0 Å². The van der Waals surface area contributed by atoms with E-state index in [2.05, 4.69) is 44.2 Å². The van der Waals surface area contributed by atoms with Crippen LogP contribution in [0.1, 0.15) is 11.1 Å². The second kappa shape index (κ2) is 4.40. The van der Waals surface area contributed by atoms with Crippen LogP contribution in [0.15, 0.2) is 42.5 Å². The summed E-state index contributed by atoms with van der Waals surface area (Å²) < 4.78 is 5.15. The molecule has 0 spiro atoms. The highest BCUT2D eigenvalue weighted by Gasteiger charge is 2.00. The molecule has 0 aliphatic heterocycles. The van der Waals surface area contributed by atoms with Gasteiger partial charge in [-0.05, 0) is 48.2 Å². The molecule has 2 aromatic rings. The van der Waals surface area contributed by atoms with Crippen LogP contribution in [-0.4, -0.2) is 7.11 Å². The maximum absolute atomic E-state index is 5.15. The molecule has 1 nitrogen and oxygen atoms in total. The largest absolute Gasteiger partial charge is 0.497 e. The molecular weight excluding hydrogens is 196 g/mol. The smallest absolute Gasteiger partial charge is 0.118 e. The van der Waals surface area contributed by atoms with Gasteiger partial charge in [-0.3, -0.25) is 0 Å². The second-order valence-electron chi connectivity index (χ2n) is 4.03. The molecule has 0 aromatic heterocycles. The summed E-state index contributed by atoms with van der Waals surface area (Å²) in [5.74, 6) is 0.896. The molecular formula is C15H16O. The quantitative estimate of drug-likeness (QED) is 0.731. The van der Waals surface area contributed by atoms with Crippen molar-refractivity contribution in [3.8, 4) is 16.9 Å². The highest BCUT2D eigenvalue weighted by molar-refractivity contribution is 5.65. The summed E-state index contributed by atoms with van der Waals surface area (Å²) in [5, 5.41) is 0. The number of hydrogen-bond donors (Lipinski definition) is 0. The van der Waals surface area contributed by atoms with Gasteiger partial charge in [-0.15, -0.1) is 0 Å². The predicted molar refractivity (Wildman–Crippen MR) is 67.9 cm³/mol. The molecule has 0 N–H and O–H groups in total. The minimum absolute atomic E-state index is 0.896. The highest BCUT2D eigenvalue weighted by Crippen LogP contribution is 2.24. The van der Waals surface area contributed by atoms with E-state index in [-0.39, 0.29) is 0 Å². The van der Waals surface area contributed by atoms with Crippen molar-refractivity contribution in [2.24, 2.45) is 0 Å². The summed E-state index contributed by atoms with van der Waals surface area (Å²) in [4.78, 5) is 0. The van der Waals surface area contributed by atoms with Crippen molar-refractivity contribution in [2.75, 3.05) is 7.11 Å². The van der Waals surface area contributed by atoms with E-state index in [9.17, 15) is 0 Å². The first-order valence-electron chi connectivity index (χ1n) is 5.42. The number of benzene rings is 2. The van der Waals surface area contributed by atoms with E-state index in [1.807, 2.05) is 12.1 Å². The minimum atomic E-state index is 0.896. The number of ether oxygens (including phenoxy) is 1. The first kappa shape index (κ1) is 10.7. The topological polar surface area (TPSA) is 9.23 Å². The molecule has 0 atom stereocenters. The van der Waals surface area contributed by atoms with Crippen molar-refractivity contribution in [3.05, 3.63) is 53.6 Å². The SMILES string of the molecule is COc1ccc(-c2ccc(C)c(C)c2)cc1. The Hall–Kier alpha value is -1.76. The standard InChI is InChI=1S/C15H16O/c1-11-4-5-14(10-12(11)2)13-6-8-15(16-3)9-7-13/h4-10H,1-3H3. The molecule has 1 heteroatoms. The molecule has 0 aliphatic rings.